The third-order valence-electron chi connectivity index (χ3n) is 5.80. The second-order valence-electron chi connectivity index (χ2n) is 8.55. The molecule has 3 aliphatic rings. The summed E-state index contributed by atoms with van der Waals surface area (Å²) in [4.78, 5) is 40.7. The SMILES string of the molecule is C[C@H](O)[C@H]1N[C@]2(C(=O)Nc3ccc(F)cc32)[C@@H]2C(=O)N(C(C)(C)C)C(=O)[C@H]12. The summed E-state index contributed by atoms with van der Waals surface area (Å²) in [5.41, 5.74) is -1.67. The molecule has 0 saturated carbocycles. The number of aliphatic hydroxyl groups is 1. The van der Waals surface area contributed by atoms with Crippen LogP contribution in [0, 0.1) is 17.7 Å². The van der Waals surface area contributed by atoms with Gasteiger partial charge in [0.05, 0.1) is 17.9 Å². The maximum Gasteiger partial charge on any atom is 0.250 e. The predicted molar refractivity (Wildman–Crippen MR) is 93.9 cm³/mol. The second kappa shape index (κ2) is 5.36. The molecule has 1 spiro atoms. The molecule has 0 radical (unpaired) electrons. The number of anilines is 1. The highest BCUT2D eigenvalue weighted by Crippen LogP contribution is 2.54. The number of carbonyl (C=O) groups excluding carboxylic acids is 3. The van der Waals surface area contributed by atoms with Crippen molar-refractivity contribution in [2.75, 3.05) is 5.32 Å². The van der Waals surface area contributed by atoms with Gasteiger partial charge in [-0.25, -0.2) is 4.39 Å². The van der Waals surface area contributed by atoms with E-state index in [0.717, 1.165) is 0 Å². The summed E-state index contributed by atoms with van der Waals surface area (Å²) >= 11 is 0. The van der Waals surface area contributed by atoms with Gasteiger partial charge in [0.15, 0.2) is 0 Å². The first-order chi connectivity index (χ1) is 12.5. The Balaban J connectivity index is 1.95. The molecule has 2 fully saturated rings. The Hall–Kier alpha value is -2.32. The highest BCUT2D eigenvalue weighted by atomic mass is 19.1. The zero-order valence-corrected chi connectivity index (χ0v) is 15.5. The summed E-state index contributed by atoms with van der Waals surface area (Å²) in [6.07, 6.45) is -0.987. The number of likely N-dealkylation sites (tertiary alicyclic amines) is 1. The van der Waals surface area contributed by atoms with Gasteiger partial charge in [0.25, 0.3) is 0 Å². The van der Waals surface area contributed by atoms with E-state index in [2.05, 4.69) is 10.6 Å². The summed E-state index contributed by atoms with van der Waals surface area (Å²) in [6.45, 7) is 6.72. The van der Waals surface area contributed by atoms with Gasteiger partial charge >= 0.3 is 0 Å². The lowest BCUT2D eigenvalue weighted by Crippen LogP contribution is -2.57. The van der Waals surface area contributed by atoms with Gasteiger partial charge in [-0.1, -0.05) is 0 Å². The molecule has 2 saturated heterocycles. The second-order valence-corrected chi connectivity index (χ2v) is 8.55. The number of fused-ring (bicyclic) bond motifs is 4. The predicted octanol–water partition coefficient (Wildman–Crippen LogP) is 0.725. The number of carbonyl (C=O) groups is 3. The Morgan fingerprint density at radius 3 is 2.48 bits per heavy atom. The molecule has 144 valence electrons. The summed E-state index contributed by atoms with van der Waals surface area (Å²) < 4.78 is 14.0. The number of halogens is 1. The minimum Gasteiger partial charge on any atom is -0.392 e. The number of hydrogen-bond donors (Lipinski definition) is 3. The van der Waals surface area contributed by atoms with Crippen molar-refractivity contribution in [2.24, 2.45) is 11.8 Å². The fourth-order valence-electron chi connectivity index (χ4n) is 4.78. The summed E-state index contributed by atoms with van der Waals surface area (Å²) in [6, 6.07) is 3.06. The van der Waals surface area contributed by atoms with Crippen molar-refractivity contribution in [1.82, 2.24) is 10.2 Å². The Bertz CT molecular complexity index is 878. The molecule has 7 nitrogen and oxygen atoms in total. The van der Waals surface area contributed by atoms with Crippen molar-refractivity contribution in [2.45, 2.75) is 50.9 Å². The number of aliphatic hydroxyl groups excluding tert-OH is 1. The zero-order chi connectivity index (χ0) is 19.9. The van der Waals surface area contributed by atoms with E-state index in [4.69, 9.17) is 0 Å². The van der Waals surface area contributed by atoms with Crippen molar-refractivity contribution in [3.05, 3.63) is 29.6 Å². The largest absolute Gasteiger partial charge is 0.392 e. The van der Waals surface area contributed by atoms with Crippen molar-refractivity contribution < 1.29 is 23.9 Å². The van der Waals surface area contributed by atoms with Crippen LogP contribution >= 0.6 is 0 Å². The van der Waals surface area contributed by atoms with Crippen LogP contribution in [0.5, 0.6) is 0 Å². The summed E-state index contributed by atoms with van der Waals surface area (Å²) in [7, 11) is 0. The molecule has 5 atom stereocenters. The number of nitrogens with zero attached hydrogens (tertiary/aromatic N) is 1. The van der Waals surface area contributed by atoms with Crippen LogP contribution in [0.4, 0.5) is 10.1 Å². The Morgan fingerprint density at radius 2 is 1.89 bits per heavy atom. The number of imide groups is 1. The Kier molecular flexibility index (Phi) is 3.58. The fourth-order valence-corrected chi connectivity index (χ4v) is 4.78. The van der Waals surface area contributed by atoms with Gasteiger partial charge in [-0.3, -0.25) is 24.6 Å². The topological polar surface area (TPSA) is 98.7 Å². The number of nitrogens with one attached hydrogen (secondary N) is 2. The smallest absolute Gasteiger partial charge is 0.250 e. The first kappa shape index (κ1) is 18.1. The minimum absolute atomic E-state index is 0.294. The van der Waals surface area contributed by atoms with Gasteiger partial charge < -0.3 is 10.4 Å². The van der Waals surface area contributed by atoms with E-state index in [0.29, 0.717) is 11.3 Å². The molecule has 0 bridgehead atoms. The molecule has 0 unspecified atom stereocenters. The molecule has 0 aliphatic carbocycles. The van der Waals surface area contributed by atoms with Crippen LogP contribution in [0.1, 0.15) is 33.3 Å². The molecule has 3 heterocycles. The standard InChI is InChI=1S/C19H22FN3O4/c1-8(24)14-12-13(16(26)23(15(12)25)18(2,3)4)19(22-14)10-7-9(20)5-6-11(10)21-17(19)27/h5-8,12-14,22,24H,1-4H3,(H,21,27)/t8-,12-,13-,14+,19-/m0/s1. The monoisotopic (exact) mass is 375 g/mol. The first-order valence-corrected chi connectivity index (χ1v) is 8.95. The molecule has 4 rings (SSSR count). The summed E-state index contributed by atoms with van der Waals surface area (Å²) in [5.74, 6) is -3.93. The van der Waals surface area contributed by atoms with Gasteiger partial charge in [0.2, 0.25) is 17.7 Å². The Labute approximate surface area is 155 Å². The van der Waals surface area contributed by atoms with Gasteiger partial charge in [-0.15, -0.1) is 0 Å². The third-order valence-corrected chi connectivity index (χ3v) is 5.80. The van der Waals surface area contributed by atoms with Crippen LogP contribution in [0.3, 0.4) is 0 Å². The number of amides is 3. The molecule has 0 aromatic heterocycles. The van der Waals surface area contributed by atoms with Gasteiger partial charge in [-0.05, 0) is 45.9 Å². The highest BCUT2D eigenvalue weighted by molar-refractivity contribution is 6.15. The van der Waals surface area contributed by atoms with Gasteiger partial charge in [0.1, 0.15) is 11.4 Å². The molecule has 1 aromatic carbocycles. The van der Waals surface area contributed by atoms with E-state index in [-0.39, 0.29) is 0 Å². The molecule has 27 heavy (non-hydrogen) atoms. The van der Waals surface area contributed by atoms with Crippen molar-refractivity contribution >= 4 is 23.4 Å². The van der Waals surface area contributed by atoms with Gasteiger partial charge in [-0.2, -0.15) is 0 Å². The van der Waals surface area contributed by atoms with E-state index < -0.39 is 58.6 Å². The lowest BCUT2D eigenvalue weighted by atomic mass is 9.76. The lowest BCUT2D eigenvalue weighted by Gasteiger charge is -2.35. The van der Waals surface area contributed by atoms with E-state index >= 15 is 0 Å². The van der Waals surface area contributed by atoms with Crippen LogP contribution in [-0.2, 0) is 19.9 Å². The first-order valence-electron chi connectivity index (χ1n) is 8.95. The quantitative estimate of drug-likeness (QED) is 0.629. The summed E-state index contributed by atoms with van der Waals surface area (Å²) in [5, 5.41) is 16.0. The van der Waals surface area contributed by atoms with Crippen LogP contribution in [0.15, 0.2) is 18.2 Å². The van der Waals surface area contributed by atoms with E-state index in [9.17, 15) is 23.9 Å². The molecule has 3 N–H and O–H groups in total. The van der Waals surface area contributed by atoms with Gasteiger partial charge in [0, 0.05) is 22.8 Å². The highest BCUT2D eigenvalue weighted by Gasteiger charge is 2.72. The molecule has 3 aliphatic heterocycles. The van der Waals surface area contributed by atoms with E-state index in [1.54, 1.807) is 20.8 Å². The molecule has 1 aromatic rings. The normalized spacial score (nSPS) is 33.5. The molecular weight excluding hydrogens is 353 g/mol. The molecule has 3 amide bonds. The lowest BCUT2D eigenvalue weighted by molar-refractivity contribution is -0.148. The van der Waals surface area contributed by atoms with Crippen molar-refractivity contribution in [1.29, 1.82) is 0 Å². The fraction of sp³-hybridized carbons (Fsp3) is 0.526. The molecular formula is C19H22FN3O4. The maximum atomic E-state index is 14.0. The average Bonchev–Trinajstić information content (AvgIpc) is 3.13. The third kappa shape index (κ3) is 2.17. The van der Waals surface area contributed by atoms with Crippen molar-refractivity contribution in [3.63, 3.8) is 0 Å². The minimum atomic E-state index is -1.59. The number of hydrogen-bond acceptors (Lipinski definition) is 5. The zero-order valence-electron chi connectivity index (χ0n) is 15.5. The number of rotatable bonds is 1. The van der Waals surface area contributed by atoms with E-state index in [1.807, 2.05) is 0 Å². The molecule has 8 heteroatoms. The maximum absolute atomic E-state index is 14.0. The van der Waals surface area contributed by atoms with E-state index in [1.165, 1.54) is 30.0 Å². The van der Waals surface area contributed by atoms with Crippen LogP contribution in [-0.4, -0.2) is 45.4 Å². The van der Waals surface area contributed by atoms with Crippen LogP contribution in [0.2, 0.25) is 0 Å². The van der Waals surface area contributed by atoms with Crippen LogP contribution < -0.4 is 10.6 Å². The van der Waals surface area contributed by atoms with Crippen LogP contribution in [0.25, 0.3) is 0 Å². The van der Waals surface area contributed by atoms with Crippen molar-refractivity contribution in [3.8, 4) is 0 Å². The average molecular weight is 375 g/mol. The number of benzene rings is 1. The Morgan fingerprint density at radius 1 is 1.22 bits per heavy atom.